The quantitative estimate of drug-likeness (QED) is 0.459. The summed E-state index contributed by atoms with van der Waals surface area (Å²) >= 11 is 0. The van der Waals surface area contributed by atoms with Gasteiger partial charge in [-0.1, -0.05) is 18.1 Å². The highest BCUT2D eigenvalue weighted by molar-refractivity contribution is 5.97. The number of nitriles is 1. The third-order valence-corrected chi connectivity index (χ3v) is 2.01. The number of Topliss-reactive ketones (excluding diaryl/α,β-unsaturated/α-hetero) is 1. The van der Waals surface area contributed by atoms with Gasteiger partial charge in [0, 0.05) is 17.0 Å². The molecule has 4 nitrogen and oxygen atoms in total. The first kappa shape index (κ1) is 13.5. The van der Waals surface area contributed by atoms with E-state index in [0.717, 1.165) is 0 Å². The van der Waals surface area contributed by atoms with Crippen LogP contribution >= 0.6 is 0 Å². The standard InChI is InChI=1S/C14H11NO3/c1-2-18-14(17)7-6-11-4-3-5-12(10-11)13(16)8-9-15/h3-5,10H,2,8H2,1H3. The fourth-order valence-corrected chi connectivity index (χ4v) is 1.23. The van der Waals surface area contributed by atoms with Gasteiger partial charge in [-0.05, 0) is 19.1 Å². The molecule has 0 amide bonds. The number of hydrogen-bond donors (Lipinski definition) is 0. The zero-order valence-electron chi connectivity index (χ0n) is 9.90. The molecule has 1 aromatic rings. The minimum Gasteiger partial charge on any atom is -0.456 e. The molecule has 18 heavy (non-hydrogen) atoms. The Balaban J connectivity index is 2.86. The van der Waals surface area contributed by atoms with Gasteiger partial charge < -0.3 is 4.74 Å². The van der Waals surface area contributed by atoms with Crippen molar-refractivity contribution >= 4 is 11.8 Å². The van der Waals surface area contributed by atoms with Crippen LogP contribution in [0.5, 0.6) is 0 Å². The van der Waals surface area contributed by atoms with E-state index in [9.17, 15) is 9.59 Å². The van der Waals surface area contributed by atoms with Crippen LogP contribution in [0.3, 0.4) is 0 Å². The van der Waals surface area contributed by atoms with Crippen LogP contribution < -0.4 is 0 Å². The Bertz CT molecular complexity index is 558. The summed E-state index contributed by atoms with van der Waals surface area (Å²) in [6, 6.07) is 8.28. The summed E-state index contributed by atoms with van der Waals surface area (Å²) in [5.41, 5.74) is 0.944. The molecule has 0 unspecified atom stereocenters. The van der Waals surface area contributed by atoms with Crippen molar-refractivity contribution in [3.05, 3.63) is 35.4 Å². The second-order valence-electron chi connectivity index (χ2n) is 3.31. The van der Waals surface area contributed by atoms with Gasteiger partial charge in [0.05, 0.1) is 19.1 Å². The Labute approximate surface area is 105 Å². The molecule has 0 aliphatic rings. The van der Waals surface area contributed by atoms with Crippen molar-refractivity contribution in [1.82, 2.24) is 0 Å². The maximum Gasteiger partial charge on any atom is 0.384 e. The molecule has 0 saturated carbocycles. The Kier molecular flexibility index (Phi) is 5.15. The molecule has 0 heterocycles. The summed E-state index contributed by atoms with van der Waals surface area (Å²) in [5, 5.41) is 8.44. The molecular weight excluding hydrogens is 230 g/mol. The molecule has 0 aliphatic carbocycles. The molecule has 0 atom stereocenters. The Morgan fingerprint density at radius 3 is 2.83 bits per heavy atom. The summed E-state index contributed by atoms with van der Waals surface area (Å²) in [4.78, 5) is 22.5. The first-order valence-electron chi connectivity index (χ1n) is 5.36. The lowest BCUT2D eigenvalue weighted by Crippen LogP contribution is -2.00. The smallest absolute Gasteiger partial charge is 0.384 e. The van der Waals surface area contributed by atoms with E-state index in [1.165, 1.54) is 0 Å². The van der Waals surface area contributed by atoms with E-state index >= 15 is 0 Å². The minimum atomic E-state index is -0.605. The van der Waals surface area contributed by atoms with Crippen molar-refractivity contribution in [2.24, 2.45) is 0 Å². The van der Waals surface area contributed by atoms with Gasteiger partial charge in [-0.15, -0.1) is 0 Å². The number of carbonyl (C=O) groups excluding carboxylic acids is 2. The summed E-state index contributed by atoms with van der Waals surface area (Å²) in [6.07, 6.45) is -0.172. The molecule has 0 aromatic heterocycles. The third-order valence-electron chi connectivity index (χ3n) is 2.01. The third kappa shape index (κ3) is 4.11. The molecule has 4 heteroatoms. The lowest BCUT2D eigenvalue weighted by molar-refractivity contribution is -0.136. The summed E-state index contributed by atoms with van der Waals surface area (Å²) in [7, 11) is 0. The summed E-state index contributed by atoms with van der Waals surface area (Å²) in [5.74, 6) is 4.05. The average Bonchev–Trinajstić information content (AvgIpc) is 2.37. The fraction of sp³-hybridized carbons (Fsp3) is 0.214. The molecule has 0 bridgehead atoms. The van der Waals surface area contributed by atoms with E-state index in [2.05, 4.69) is 16.6 Å². The van der Waals surface area contributed by atoms with Crippen molar-refractivity contribution in [3.8, 4) is 17.9 Å². The highest BCUT2D eigenvalue weighted by atomic mass is 16.5. The van der Waals surface area contributed by atoms with E-state index in [1.807, 2.05) is 0 Å². The molecule has 0 spiro atoms. The topological polar surface area (TPSA) is 67.2 Å². The average molecular weight is 241 g/mol. The second kappa shape index (κ2) is 6.88. The maximum atomic E-state index is 11.5. The van der Waals surface area contributed by atoms with E-state index in [1.54, 1.807) is 37.3 Å². The van der Waals surface area contributed by atoms with Gasteiger partial charge in [-0.3, -0.25) is 4.79 Å². The number of hydrogen-bond acceptors (Lipinski definition) is 4. The van der Waals surface area contributed by atoms with Crippen molar-refractivity contribution in [2.45, 2.75) is 13.3 Å². The van der Waals surface area contributed by atoms with Gasteiger partial charge in [0.2, 0.25) is 0 Å². The summed E-state index contributed by atoms with van der Waals surface area (Å²) in [6.45, 7) is 1.97. The van der Waals surface area contributed by atoms with Gasteiger partial charge in [-0.2, -0.15) is 5.26 Å². The highest BCUT2D eigenvalue weighted by Gasteiger charge is 2.04. The second-order valence-corrected chi connectivity index (χ2v) is 3.31. The molecule has 90 valence electrons. The number of nitrogens with zero attached hydrogens (tertiary/aromatic N) is 1. The number of esters is 1. The Hall–Kier alpha value is -2.59. The van der Waals surface area contributed by atoms with Crippen LogP contribution in [0.4, 0.5) is 0 Å². The molecule has 1 rings (SSSR count). The normalized spacial score (nSPS) is 8.67. The number of benzene rings is 1. The molecule has 0 fully saturated rings. The Morgan fingerprint density at radius 2 is 2.17 bits per heavy atom. The Morgan fingerprint density at radius 1 is 1.39 bits per heavy atom. The number of ether oxygens (including phenoxy) is 1. The van der Waals surface area contributed by atoms with Crippen LogP contribution in [0.1, 0.15) is 29.3 Å². The van der Waals surface area contributed by atoms with Gasteiger partial charge in [0.25, 0.3) is 0 Å². The fourth-order valence-electron chi connectivity index (χ4n) is 1.23. The monoisotopic (exact) mass is 241 g/mol. The van der Waals surface area contributed by atoms with Crippen LogP contribution in [-0.4, -0.2) is 18.4 Å². The largest absolute Gasteiger partial charge is 0.456 e. The van der Waals surface area contributed by atoms with Crippen LogP contribution in [-0.2, 0) is 9.53 Å². The molecule has 1 aromatic carbocycles. The van der Waals surface area contributed by atoms with Crippen LogP contribution in [0.25, 0.3) is 0 Å². The van der Waals surface area contributed by atoms with Crippen LogP contribution in [0, 0.1) is 23.2 Å². The molecule has 0 aliphatic heterocycles. The highest BCUT2D eigenvalue weighted by Crippen LogP contribution is 2.06. The first-order chi connectivity index (χ1) is 8.67. The van der Waals surface area contributed by atoms with Crippen molar-refractivity contribution in [3.63, 3.8) is 0 Å². The van der Waals surface area contributed by atoms with E-state index in [4.69, 9.17) is 5.26 Å². The van der Waals surface area contributed by atoms with Gasteiger partial charge in [-0.25, -0.2) is 4.79 Å². The lowest BCUT2D eigenvalue weighted by atomic mass is 10.1. The zero-order valence-corrected chi connectivity index (χ0v) is 9.90. The zero-order chi connectivity index (χ0) is 13.4. The summed E-state index contributed by atoms with van der Waals surface area (Å²) < 4.78 is 4.66. The predicted octanol–water partition coefficient (Wildman–Crippen LogP) is 1.70. The number of ketones is 1. The number of carbonyl (C=O) groups is 2. The van der Waals surface area contributed by atoms with Gasteiger partial charge in [0.1, 0.15) is 0 Å². The van der Waals surface area contributed by atoms with Crippen molar-refractivity contribution < 1.29 is 14.3 Å². The molecule has 0 radical (unpaired) electrons. The molecular formula is C14H11NO3. The van der Waals surface area contributed by atoms with Crippen molar-refractivity contribution in [1.29, 1.82) is 5.26 Å². The first-order valence-corrected chi connectivity index (χ1v) is 5.36. The SMILES string of the molecule is CCOC(=O)C#Cc1cccc(C(=O)CC#N)c1. The lowest BCUT2D eigenvalue weighted by Gasteiger charge is -1.97. The van der Waals surface area contributed by atoms with Gasteiger partial charge in [0.15, 0.2) is 5.78 Å². The van der Waals surface area contributed by atoms with E-state index < -0.39 is 5.97 Å². The molecule has 0 saturated heterocycles. The predicted molar refractivity (Wildman–Crippen MR) is 64.5 cm³/mol. The van der Waals surface area contributed by atoms with Crippen LogP contribution in [0.15, 0.2) is 24.3 Å². The maximum absolute atomic E-state index is 11.5. The van der Waals surface area contributed by atoms with Crippen LogP contribution in [0.2, 0.25) is 0 Å². The van der Waals surface area contributed by atoms with E-state index in [0.29, 0.717) is 11.1 Å². The van der Waals surface area contributed by atoms with Gasteiger partial charge >= 0.3 is 5.97 Å². The number of rotatable bonds is 3. The van der Waals surface area contributed by atoms with E-state index in [-0.39, 0.29) is 18.8 Å². The minimum absolute atomic E-state index is 0.172. The molecule has 0 N–H and O–H groups in total. The van der Waals surface area contributed by atoms with Crippen molar-refractivity contribution in [2.75, 3.05) is 6.61 Å².